The summed E-state index contributed by atoms with van der Waals surface area (Å²) in [6.07, 6.45) is 1.95. The maximum Gasteiger partial charge on any atom is 0.262 e. The first-order valence-corrected chi connectivity index (χ1v) is 12.7. The Morgan fingerprint density at radius 2 is 1.54 bits per heavy atom. The molecule has 182 valence electrons. The Hall–Kier alpha value is -3.85. The number of methoxy groups -OCH3 is 1. The summed E-state index contributed by atoms with van der Waals surface area (Å²) in [4.78, 5) is 27.8. The van der Waals surface area contributed by atoms with Crippen molar-refractivity contribution in [2.24, 2.45) is 0 Å². The number of nitrogens with zero attached hydrogens (tertiary/aromatic N) is 1. The average molecular weight is 494 g/mol. The molecule has 0 aliphatic carbocycles. The van der Waals surface area contributed by atoms with E-state index in [4.69, 9.17) is 4.74 Å². The fourth-order valence-electron chi connectivity index (χ4n) is 4.05. The van der Waals surface area contributed by atoms with Crippen LogP contribution in [0.25, 0.3) is 0 Å². The molecule has 1 heterocycles. The van der Waals surface area contributed by atoms with E-state index >= 15 is 0 Å². The molecule has 2 N–H and O–H groups in total. The van der Waals surface area contributed by atoms with E-state index in [0.29, 0.717) is 35.8 Å². The Labute approximate surface area is 205 Å². The summed E-state index contributed by atoms with van der Waals surface area (Å²) in [5, 5.41) is 2.82. The predicted molar refractivity (Wildman–Crippen MR) is 135 cm³/mol. The number of para-hydroxylation sites is 2. The highest BCUT2D eigenvalue weighted by molar-refractivity contribution is 7.92. The van der Waals surface area contributed by atoms with Gasteiger partial charge in [-0.3, -0.25) is 14.3 Å². The zero-order valence-electron chi connectivity index (χ0n) is 19.6. The van der Waals surface area contributed by atoms with Gasteiger partial charge >= 0.3 is 0 Å². The van der Waals surface area contributed by atoms with Crippen LogP contribution in [0.4, 0.5) is 11.4 Å². The van der Waals surface area contributed by atoms with Crippen LogP contribution < -0.4 is 14.8 Å². The molecule has 3 aromatic rings. The molecule has 1 fully saturated rings. The summed E-state index contributed by atoms with van der Waals surface area (Å²) in [6.45, 7) is 3.26. The number of rotatable bonds is 7. The van der Waals surface area contributed by atoms with Gasteiger partial charge < -0.3 is 15.0 Å². The Morgan fingerprint density at radius 3 is 2.23 bits per heavy atom. The summed E-state index contributed by atoms with van der Waals surface area (Å²) in [5.74, 6) is -0.142. The van der Waals surface area contributed by atoms with E-state index < -0.39 is 15.9 Å². The van der Waals surface area contributed by atoms with Crippen LogP contribution in [0, 0.1) is 6.92 Å². The van der Waals surface area contributed by atoms with E-state index in [0.717, 1.165) is 18.4 Å². The molecule has 4 rings (SSSR count). The third-order valence-corrected chi connectivity index (χ3v) is 7.29. The number of carbonyl (C=O) groups is 2. The summed E-state index contributed by atoms with van der Waals surface area (Å²) in [5.41, 5.74) is 2.27. The topological polar surface area (TPSA) is 105 Å². The molecule has 0 unspecified atom stereocenters. The molecule has 2 amide bonds. The van der Waals surface area contributed by atoms with Gasteiger partial charge in [0.1, 0.15) is 5.75 Å². The normalized spacial score (nSPS) is 13.4. The van der Waals surface area contributed by atoms with Gasteiger partial charge in [-0.1, -0.05) is 24.3 Å². The van der Waals surface area contributed by atoms with Crippen molar-refractivity contribution in [2.45, 2.75) is 24.7 Å². The second-order valence-corrected chi connectivity index (χ2v) is 9.96. The molecule has 0 radical (unpaired) electrons. The van der Waals surface area contributed by atoms with Crippen molar-refractivity contribution in [1.82, 2.24) is 4.90 Å². The van der Waals surface area contributed by atoms with Crippen LogP contribution in [0.1, 0.15) is 39.1 Å². The van der Waals surface area contributed by atoms with Gasteiger partial charge in [-0.2, -0.15) is 0 Å². The zero-order chi connectivity index (χ0) is 25.0. The number of anilines is 2. The highest BCUT2D eigenvalue weighted by atomic mass is 32.2. The number of carbonyl (C=O) groups excluding carboxylic acids is 2. The maximum atomic E-state index is 13.0. The summed E-state index contributed by atoms with van der Waals surface area (Å²) in [6, 6.07) is 17.6. The van der Waals surface area contributed by atoms with Crippen LogP contribution in [-0.2, 0) is 10.0 Å². The Bertz CT molecular complexity index is 1350. The lowest BCUT2D eigenvalue weighted by Crippen LogP contribution is -2.29. The van der Waals surface area contributed by atoms with Crippen molar-refractivity contribution >= 4 is 33.2 Å². The number of benzene rings is 3. The molecule has 9 heteroatoms. The molecule has 1 aliphatic rings. The molecule has 0 saturated carbocycles. The van der Waals surface area contributed by atoms with Crippen LogP contribution in [-0.4, -0.2) is 45.3 Å². The van der Waals surface area contributed by atoms with Crippen LogP contribution >= 0.6 is 0 Å². The van der Waals surface area contributed by atoms with Crippen molar-refractivity contribution in [1.29, 1.82) is 0 Å². The van der Waals surface area contributed by atoms with Crippen molar-refractivity contribution in [3.05, 3.63) is 83.4 Å². The molecule has 8 nitrogen and oxygen atoms in total. The Kier molecular flexibility index (Phi) is 7.07. The number of ether oxygens (including phenoxy) is 1. The van der Waals surface area contributed by atoms with Gasteiger partial charge in [-0.15, -0.1) is 0 Å². The first kappa shape index (κ1) is 24.3. The van der Waals surface area contributed by atoms with Crippen LogP contribution in [0.15, 0.2) is 71.6 Å². The number of likely N-dealkylation sites (tertiary alicyclic amines) is 1. The molecule has 35 heavy (non-hydrogen) atoms. The van der Waals surface area contributed by atoms with Crippen LogP contribution in [0.3, 0.4) is 0 Å². The summed E-state index contributed by atoms with van der Waals surface area (Å²) < 4.78 is 33.3. The lowest BCUT2D eigenvalue weighted by atomic mass is 10.0. The minimum atomic E-state index is -3.89. The van der Waals surface area contributed by atoms with Gasteiger partial charge in [0.15, 0.2) is 0 Å². The number of hydrogen-bond donors (Lipinski definition) is 2. The minimum absolute atomic E-state index is 0.000381. The Morgan fingerprint density at radius 1 is 0.886 bits per heavy atom. The Balaban J connectivity index is 1.52. The number of amides is 2. The van der Waals surface area contributed by atoms with Gasteiger partial charge in [-0.05, 0) is 67.8 Å². The molecular formula is C26H27N3O5S. The maximum absolute atomic E-state index is 13.0. The third-order valence-electron chi connectivity index (χ3n) is 5.91. The second-order valence-electron chi connectivity index (χ2n) is 8.28. The molecular weight excluding hydrogens is 466 g/mol. The van der Waals surface area contributed by atoms with Gasteiger partial charge in [0, 0.05) is 18.7 Å². The number of aryl methyl sites for hydroxylation is 1. The zero-order valence-corrected chi connectivity index (χ0v) is 20.4. The summed E-state index contributed by atoms with van der Waals surface area (Å²) >= 11 is 0. The van der Waals surface area contributed by atoms with Crippen molar-refractivity contribution in [3.63, 3.8) is 0 Å². The summed E-state index contributed by atoms with van der Waals surface area (Å²) in [7, 11) is -2.43. The monoisotopic (exact) mass is 493 g/mol. The number of hydrogen-bond acceptors (Lipinski definition) is 5. The molecule has 0 spiro atoms. The average Bonchev–Trinajstić information content (AvgIpc) is 3.39. The van der Waals surface area contributed by atoms with Crippen LogP contribution in [0.2, 0.25) is 0 Å². The van der Waals surface area contributed by atoms with Gasteiger partial charge in [0.2, 0.25) is 0 Å². The SMILES string of the molecule is COc1ccccc1NS(=O)(=O)c1ccc(C(=O)Nc2cccc(C)c2C(=O)N2CCCC2)cc1. The lowest BCUT2D eigenvalue weighted by Gasteiger charge is -2.19. The smallest absolute Gasteiger partial charge is 0.262 e. The molecule has 3 aromatic carbocycles. The van der Waals surface area contributed by atoms with E-state index in [2.05, 4.69) is 10.0 Å². The fourth-order valence-corrected chi connectivity index (χ4v) is 5.12. The van der Waals surface area contributed by atoms with E-state index in [1.54, 1.807) is 41.3 Å². The van der Waals surface area contributed by atoms with Crippen molar-refractivity contribution in [2.75, 3.05) is 30.2 Å². The van der Waals surface area contributed by atoms with Crippen molar-refractivity contribution < 1.29 is 22.7 Å². The van der Waals surface area contributed by atoms with Gasteiger partial charge in [0.25, 0.3) is 21.8 Å². The van der Waals surface area contributed by atoms with E-state index in [1.165, 1.54) is 31.4 Å². The quantitative estimate of drug-likeness (QED) is 0.511. The molecule has 1 saturated heterocycles. The minimum Gasteiger partial charge on any atom is -0.495 e. The highest BCUT2D eigenvalue weighted by Gasteiger charge is 2.24. The molecule has 0 atom stereocenters. The van der Waals surface area contributed by atoms with Gasteiger partial charge in [0.05, 0.1) is 28.9 Å². The van der Waals surface area contributed by atoms with E-state index in [1.807, 2.05) is 13.0 Å². The lowest BCUT2D eigenvalue weighted by molar-refractivity contribution is 0.0793. The first-order chi connectivity index (χ1) is 16.8. The second kappa shape index (κ2) is 10.2. The largest absolute Gasteiger partial charge is 0.495 e. The predicted octanol–water partition coefficient (Wildman–Crippen LogP) is 4.29. The van der Waals surface area contributed by atoms with Gasteiger partial charge in [-0.25, -0.2) is 8.42 Å². The van der Waals surface area contributed by atoms with E-state index in [-0.39, 0.29) is 16.4 Å². The molecule has 0 bridgehead atoms. The standard InChI is InChI=1S/C26H27N3O5S/c1-18-8-7-10-22(24(18)26(31)29-16-5-6-17-29)27-25(30)19-12-14-20(15-13-19)35(32,33)28-21-9-3-4-11-23(21)34-2/h3-4,7-15,28H,5-6,16-17H2,1-2H3,(H,27,30). The number of sulfonamides is 1. The molecule has 1 aliphatic heterocycles. The van der Waals surface area contributed by atoms with Crippen LogP contribution in [0.5, 0.6) is 5.75 Å². The fraction of sp³-hybridized carbons (Fsp3) is 0.231. The first-order valence-electron chi connectivity index (χ1n) is 11.3. The number of nitrogens with one attached hydrogen (secondary N) is 2. The third kappa shape index (κ3) is 5.30. The highest BCUT2D eigenvalue weighted by Crippen LogP contribution is 2.27. The molecule has 0 aromatic heterocycles. The van der Waals surface area contributed by atoms with Crippen molar-refractivity contribution in [3.8, 4) is 5.75 Å². The van der Waals surface area contributed by atoms with E-state index in [9.17, 15) is 18.0 Å².